The number of fused-ring (bicyclic) bond motifs is 1. The van der Waals surface area contributed by atoms with Crippen molar-refractivity contribution in [3.05, 3.63) is 42.5 Å². The number of benzene rings is 2. The second-order valence-corrected chi connectivity index (χ2v) is 13.8. The van der Waals surface area contributed by atoms with Gasteiger partial charge in [-0.2, -0.15) is 4.31 Å². The minimum atomic E-state index is -3.61. The molecule has 38 heavy (non-hydrogen) atoms. The zero-order valence-corrected chi connectivity index (χ0v) is 23.5. The molecule has 0 saturated carbocycles. The molecule has 2 aromatic rings. The molecule has 1 spiro atoms. The lowest BCUT2D eigenvalue weighted by molar-refractivity contribution is -0.0364. The summed E-state index contributed by atoms with van der Waals surface area (Å²) >= 11 is 0. The first-order valence-corrected chi connectivity index (χ1v) is 15.2. The largest absolute Gasteiger partial charge is 0.444 e. The van der Waals surface area contributed by atoms with Crippen molar-refractivity contribution in [3.63, 3.8) is 0 Å². The molecule has 1 amide bonds. The molecule has 3 aliphatic heterocycles. The zero-order chi connectivity index (χ0) is 27.0. The molecule has 3 saturated heterocycles. The number of rotatable bonds is 5. The lowest BCUT2D eigenvalue weighted by Crippen LogP contribution is -2.50. The minimum Gasteiger partial charge on any atom is -0.444 e. The van der Waals surface area contributed by atoms with Crippen LogP contribution >= 0.6 is 0 Å². The number of carbonyl (C=O) groups excluding carboxylic acids is 1. The molecular formula is C29H40N2O6S. The summed E-state index contributed by atoms with van der Waals surface area (Å²) in [4.78, 5) is 15.3. The van der Waals surface area contributed by atoms with Gasteiger partial charge in [0, 0.05) is 19.7 Å². The average molecular weight is 545 g/mol. The second-order valence-electron chi connectivity index (χ2n) is 11.9. The molecule has 9 heteroatoms. The quantitative estimate of drug-likeness (QED) is 0.529. The van der Waals surface area contributed by atoms with Crippen LogP contribution in [0.3, 0.4) is 0 Å². The fourth-order valence-corrected chi connectivity index (χ4v) is 7.32. The van der Waals surface area contributed by atoms with Crippen LogP contribution in [-0.4, -0.2) is 79.9 Å². The average Bonchev–Trinajstić information content (AvgIpc) is 3.29. The van der Waals surface area contributed by atoms with Gasteiger partial charge in [0.2, 0.25) is 10.0 Å². The van der Waals surface area contributed by atoms with E-state index in [1.165, 1.54) is 0 Å². The van der Waals surface area contributed by atoms with Crippen molar-refractivity contribution in [1.29, 1.82) is 0 Å². The normalized spacial score (nSPS) is 24.5. The standard InChI is InChI=1S/C29H40N2O6S/c1-28(2,3)37-27(32)31(20-25-10-6-7-17-35-25)24-19-29(36-21-24)13-15-30(16-14-29)38(33,34)26-12-11-22-8-4-5-9-23(22)18-26/h4-5,8-9,11-12,18,24-25H,6-7,10,13-17,19-21H2,1-3H3/t24?,25-/m0/s1. The van der Waals surface area contributed by atoms with Crippen LogP contribution in [-0.2, 0) is 24.2 Å². The van der Waals surface area contributed by atoms with E-state index in [0.29, 0.717) is 50.4 Å². The first-order chi connectivity index (χ1) is 18.0. The Kier molecular flexibility index (Phi) is 7.75. The Labute approximate surface area is 226 Å². The molecule has 3 fully saturated rings. The fourth-order valence-electron chi connectivity index (χ4n) is 5.84. The van der Waals surface area contributed by atoms with Crippen LogP contribution < -0.4 is 0 Å². The summed E-state index contributed by atoms with van der Waals surface area (Å²) in [6.45, 7) is 8.03. The van der Waals surface area contributed by atoms with Crippen molar-refractivity contribution in [3.8, 4) is 0 Å². The van der Waals surface area contributed by atoms with E-state index in [2.05, 4.69) is 0 Å². The van der Waals surface area contributed by atoms with Gasteiger partial charge in [-0.15, -0.1) is 0 Å². The third kappa shape index (κ3) is 6.01. The predicted octanol–water partition coefficient (Wildman–Crippen LogP) is 4.96. The predicted molar refractivity (Wildman–Crippen MR) is 146 cm³/mol. The van der Waals surface area contributed by atoms with Gasteiger partial charge in [-0.05, 0) is 82.2 Å². The van der Waals surface area contributed by atoms with Gasteiger partial charge in [0.1, 0.15) is 5.60 Å². The summed E-state index contributed by atoms with van der Waals surface area (Å²) < 4.78 is 46.5. The third-order valence-electron chi connectivity index (χ3n) is 7.92. The van der Waals surface area contributed by atoms with Crippen LogP contribution in [0, 0.1) is 0 Å². The highest BCUT2D eigenvalue weighted by molar-refractivity contribution is 7.89. The minimum absolute atomic E-state index is 0.00163. The number of ether oxygens (including phenoxy) is 3. The van der Waals surface area contributed by atoms with E-state index >= 15 is 0 Å². The third-order valence-corrected chi connectivity index (χ3v) is 9.82. The lowest BCUT2D eigenvalue weighted by atomic mass is 9.88. The van der Waals surface area contributed by atoms with E-state index in [1.807, 2.05) is 51.1 Å². The molecule has 3 heterocycles. The Balaban J connectivity index is 1.26. The molecule has 0 aromatic heterocycles. The lowest BCUT2D eigenvalue weighted by Gasteiger charge is -2.39. The van der Waals surface area contributed by atoms with E-state index < -0.39 is 21.2 Å². The van der Waals surface area contributed by atoms with Crippen molar-refractivity contribution in [2.45, 2.75) is 87.5 Å². The van der Waals surface area contributed by atoms with Gasteiger partial charge in [-0.3, -0.25) is 0 Å². The molecule has 1 unspecified atom stereocenters. The smallest absolute Gasteiger partial charge is 0.410 e. The van der Waals surface area contributed by atoms with E-state index in [9.17, 15) is 13.2 Å². The Morgan fingerprint density at radius 1 is 1.11 bits per heavy atom. The highest BCUT2D eigenvalue weighted by Crippen LogP contribution is 2.39. The number of nitrogens with zero attached hydrogens (tertiary/aromatic N) is 2. The van der Waals surface area contributed by atoms with Crippen LogP contribution in [0.5, 0.6) is 0 Å². The molecule has 5 rings (SSSR count). The number of carbonyl (C=O) groups is 1. The maximum absolute atomic E-state index is 13.5. The molecule has 3 aliphatic rings. The van der Waals surface area contributed by atoms with Crippen LogP contribution in [0.25, 0.3) is 10.8 Å². The summed E-state index contributed by atoms with van der Waals surface area (Å²) in [5.74, 6) is 0. The SMILES string of the molecule is CC(C)(C)OC(=O)N(C[C@@H]1CCCCO1)C1COC2(CCN(S(=O)(=O)c3ccc4ccccc4c3)CC2)C1. The number of hydrogen-bond acceptors (Lipinski definition) is 6. The highest BCUT2D eigenvalue weighted by Gasteiger charge is 2.48. The number of piperidine rings is 1. The van der Waals surface area contributed by atoms with Crippen molar-refractivity contribution in [2.24, 2.45) is 0 Å². The highest BCUT2D eigenvalue weighted by atomic mass is 32.2. The molecule has 0 bridgehead atoms. The van der Waals surface area contributed by atoms with Crippen molar-refractivity contribution in [2.75, 3.05) is 32.8 Å². The van der Waals surface area contributed by atoms with Crippen molar-refractivity contribution < 1.29 is 27.4 Å². The summed E-state index contributed by atoms with van der Waals surface area (Å²) in [6, 6.07) is 12.9. The van der Waals surface area contributed by atoms with Gasteiger partial charge in [0.25, 0.3) is 0 Å². The van der Waals surface area contributed by atoms with Crippen molar-refractivity contribution >= 4 is 26.9 Å². The first kappa shape index (κ1) is 27.4. The van der Waals surface area contributed by atoms with Crippen molar-refractivity contribution in [1.82, 2.24) is 9.21 Å². The van der Waals surface area contributed by atoms with Crippen LogP contribution in [0.15, 0.2) is 47.4 Å². The Bertz CT molecular complexity index is 1240. The molecular weight excluding hydrogens is 504 g/mol. The topological polar surface area (TPSA) is 85.4 Å². The molecule has 0 aliphatic carbocycles. The first-order valence-electron chi connectivity index (χ1n) is 13.8. The van der Waals surface area contributed by atoms with Gasteiger partial charge in [0.05, 0.1) is 35.8 Å². The Morgan fingerprint density at radius 3 is 2.53 bits per heavy atom. The van der Waals surface area contributed by atoms with E-state index in [-0.39, 0.29) is 18.2 Å². The van der Waals surface area contributed by atoms with Gasteiger partial charge in [-0.1, -0.05) is 30.3 Å². The van der Waals surface area contributed by atoms with Gasteiger partial charge in [0.15, 0.2) is 0 Å². The molecule has 2 atom stereocenters. The number of sulfonamides is 1. The van der Waals surface area contributed by atoms with Crippen LogP contribution in [0.4, 0.5) is 4.79 Å². The molecule has 208 valence electrons. The summed E-state index contributed by atoms with van der Waals surface area (Å²) in [7, 11) is -3.61. The Morgan fingerprint density at radius 2 is 1.84 bits per heavy atom. The number of hydrogen-bond donors (Lipinski definition) is 0. The monoisotopic (exact) mass is 544 g/mol. The molecule has 0 radical (unpaired) electrons. The zero-order valence-electron chi connectivity index (χ0n) is 22.7. The van der Waals surface area contributed by atoms with Crippen LogP contribution in [0.1, 0.15) is 59.3 Å². The van der Waals surface area contributed by atoms with E-state index in [0.717, 1.165) is 36.6 Å². The van der Waals surface area contributed by atoms with E-state index in [4.69, 9.17) is 14.2 Å². The Hall–Kier alpha value is -2.20. The molecule has 2 aromatic carbocycles. The summed E-state index contributed by atoms with van der Waals surface area (Å²) in [6.07, 6.45) is 4.60. The van der Waals surface area contributed by atoms with Gasteiger partial charge < -0.3 is 19.1 Å². The van der Waals surface area contributed by atoms with E-state index in [1.54, 1.807) is 21.3 Å². The maximum Gasteiger partial charge on any atom is 0.410 e. The number of amides is 1. The fraction of sp³-hybridized carbons (Fsp3) is 0.621. The molecule has 8 nitrogen and oxygen atoms in total. The maximum atomic E-state index is 13.5. The second kappa shape index (κ2) is 10.8. The summed E-state index contributed by atoms with van der Waals surface area (Å²) in [5.41, 5.74) is -1.03. The van der Waals surface area contributed by atoms with Gasteiger partial charge >= 0.3 is 6.09 Å². The van der Waals surface area contributed by atoms with Gasteiger partial charge in [-0.25, -0.2) is 13.2 Å². The summed E-state index contributed by atoms with van der Waals surface area (Å²) in [5, 5.41) is 1.93. The van der Waals surface area contributed by atoms with Crippen LogP contribution in [0.2, 0.25) is 0 Å². The molecule has 0 N–H and O–H groups in total.